The van der Waals surface area contributed by atoms with E-state index in [1.165, 1.54) is 18.4 Å². The number of carbonyl (C=O) groups is 1. The topological polar surface area (TPSA) is 62.5 Å². The predicted molar refractivity (Wildman–Crippen MR) is 72.2 cm³/mol. The Balaban J connectivity index is 1.91. The lowest BCUT2D eigenvalue weighted by molar-refractivity contribution is 0.102. The van der Waals surface area contributed by atoms with Crippen LogP contribution >= 0.6 is 0 Å². The van der Waals surface area contributed by atoms with Crippen molar-refractivity contribution < 1.29 is 18.7 Å². The molecule has 4 nitrogen and oxygen atoms in total. The summed E-state index contributed by atoms with van der Waals surface area (Å²) in [5.41, 5.74) is 1.24. The van der Waals surface area contributed by atoms with Gasteiger partial charge in [-0.15, -0.1) is 0 Å². The third kappa shape index (κ3) is 2.09. The predicted octanol–water partition coefficient (Wildman–Crippen LogP) is 3.53. The summed E-state index contributed by atoms with van der Waals surface area (Å²) in [6, 6.07) is 10.8. The van der Waals surface area contributed by atoms with E-state index >= 15 is 0 Å². The lowest BCUT2D eigenvalue weighted by Crippen LogP contribution is -2.11. The van der Waals surface area contributed by atoms with Gasteiger partial charge in [-0.3, -0.25) is 4.79 Å². The molecule has 0 aliphatic rings. The molecular formula is C15H10FNO3. The van der Waals surface area contributed by atoms with E-state index < -0.39 is 17.5 Å². The lowest BCUT2D eigenvalue weighted by atomic mass is 10.1. The smallest absolute Gasteiger partial charge is 0.259 e. The molecule has 0 aliphatic heterocycles. The van der Waals surface area contributed by atoms with Crippen LogP contribution in [0.25, 0.3) is 11.0 Å². The van der Waals surface area contributed by atoms with E-state index in [9.17, 15) is 9.18 Å². The normalized spacial score (nSPS) is 10.7. The molecule has 3 aromatic rings. The summed E-state index contributed by atoms with van der Waals surface area (Å²) < 4.78 is 18.5. The van der Waals surface area contributed by atoms with Crippen molar-refractivity contribution in [1.29, 1.82) is 0 Å². The minimum Gasteiger partial charge on any atom is -0.505 e. The van der Waals surface area contributed by atoms with Crippen molar-refractivity contribution in [3.8, 4) is 5.75 Å². The Hall–Kier alpha value is -2.82. The minimum absolute atomic E-state index is 0.260. The fourth-order valence-corrected chi connectivity index (χ4v) is 1.94. The molecule has 0 radical (unpaired) electrons. The largest absolute Gasteiger partial charge is 0.505 e. The molecule has 3 rings (SSSR count). The number of aromatic hydroxyl groups is 1. The van der Waals surface area contributed by atoms with Gasteiger partial charge in [-0.25, -0.2) is 4.39 Å². The van der Waals surface area contributed by atoms with Gasteiger partial charge in [-0.05, 0) is 18.2 Å². The number of furan rings is 1. The number of para-hydroxylation sites is 1. The van der Waals surface area contributed by atoms with Crippen molar-refractivity contribution in [2.75, 3.05) is 5.32 Å². The molecule has 100 valence electrons. The number of phenols is 1. The van der Waals surface area contributed by atoms with Gasteiger partial charge in [0.15, 0.2) is 11.6 Å². The van der Waals surface area contributed by atoms with E-state index in [-0.39, 0.29) is 5.69 Å². The molecule has 0 saturated heterocycles. The number of nitrogens with one attached hydrogen (secondary N) is 1. The maximum absolute atomic E-state index is 13.2. The second kappa shape index (κ2) is 4.70. The third-order valence-electron chi connectivity index (χ3n) is 2.93. The van der Waals surface area contributed by atoms with Crippen molar-refractivity contribution in [3.63, 3.8) is 0 Å². The number of phenolic OH excluding ortho intramolecular Hbond substituents is 1. The second-order valence-corrected chi connectivity index (χ2v) is 4.27. The molecule has 0 fully saturated rings. The molecule has 1 aromatic heterocycles. The number of carbonyl (C=O) groups excluding carboxylic acids is 1. The van der Waals surface area contributed by atoms with Crippen molar-refractivity contribution >= 4 is 22.6 Å². The molecule has 0 saturated carbocycles. The molecule has 20 heavy (non-hydrogen) atoms. The SMILES string of the molecule is O=C(Nc1ccc(O)c(F)c1)c1coc2ccccc12. The molecule has 0 spiro atoms. The average molecular weight is 271 g/mol. The Labute approximate surface area is 113 Å². The van der Waals surface area contributed by atoms with Gasteiger partial charge in [-0.2, -0.15) is 0 Å². The van der Waals surface area contributed by atoms with E-state index in [0.29, 0.717) is 16.5 Å². The Kier molecular flexibility index (Phi) is 2.87. The van der Waals surface area contributed by atoms with Crippen LogP contribution < -0.4 is 5.32 Å². The number of amides is 1. The van der Waals surface area contributed by atoms with Crippen LogP contribution in [0, 0.1) is 5.82 Å². The standard InChI is InChI=1S/C15H10FNO3/c16-12-7-9(5-6-13(12)18)17-15(19)11-8-20-14-4-2-1-3-10(11)14/h1-8,18H,(H,17,19). The van der Waals surface area contributed by atoms with E-state index in [4.69, 9.17) is 9.52 Å². The third-order valence-corrected chi connectivity index (χ3v) is 2.93. The van der Waals surface area contributed by atoms with Gasteiger partial charge in [0.05, 0.1) is 5.56 Å². The van der Waals surface area contributed by atoms with Gasteiger partial charge < -0.3 is 14.8 Å². The van der Waals surface area contributed by atoms with Gasteiger partial charge >= 0.3 is 0 Å². The summed E-state index contributed by atoms with van der Waals surface area (Å²) in [4.78, 5) is 12.1. The van der Waals surface area contributed by atoms with Crippen LogP contribution in [-0.2, 0) is 0 Å². The zero-order valence-electron chi connectivity index (χ0n) is 10.3. The summed E-state index contributed by atoms with van der Waals surface area (Å²) in [5, 5.41) is 12.3. The maximum Gasteiger partial charge on any atom is 0.259 e. The molecule has 0 bridgehead atoms. The Morgan fingerprint density at radius 3 is 2.80 bits per heavy atom. The Bertz CT molecular complexity index is 795. The first kappa shape index (κ1) is 12.2. The molecule has 2 aromatic carbocycles. The highest BCUT2D eigenvalue weighted by Gasteiger charge is 2.14. The van der Waals surface area contributed by atoms with Gasteiger partial charge in [0.2, 0.25) is 0 Å². The van der Waals surface area contributed by atoms with Crippen LogP contribution in [0.5, 0.6) is 5.75 Å². The first-order chi connectivity index (χ1) is 9.65. The summed E-state index contributed by atoms with van der Waals surface area (Å²) >= 11 is 0. The molecule has 5 heteroatoms. The zero-order valence-corrected chi connectivity index (χ0v) is 10.3. The molecule has 0 unspecified atom stereocenters. The summed E-state index contributed by atoms with van der Waals surface area (Å²) in [6.07, 6.45) is 1.36. The van der Waals surface area contributed by atoms with Crippen molar-refractivity contribution in [3.05, 3.63) is 60.1 Å². The van der Waals surface area contributed by atoms with Crippen LogP contribution in [0.1, 0.15) is 10.4 Å². The number of fused-ring (bicyclic) bond motifs is 1. The highest BCUT2D eigenvalue weighted by molar-refractivity contribution is 6.12. The molecule has 1 amide bonds. The summed E-state index contributed by atoms with van der Waals surface area (Å²) in [7, 11) is 0. The van der Waals surface area contributed by atoms with E-state index in [1.807, 2.05) is 6.07 Å². The number of anilines is 1. The van der Waals surface area contributed by atoms with Crippen molar-refractivity contribution in [1.82, 2.24) is 0 Å². The van der Waals surface area contributed by atoms with Crippen LogP contribution in [0.15, 0.2) is 53.1 Å². The van der Waals surface area contributed by atoms with Crippen molar-refractivity contribution in [2.24, 2.45) is 0 Å². The maximum atomic E-state index is 13.2. The quantitative estimate of drug-likeness (QED) is 0.701. The first-order valence-electron chi connectivity index (χ1n) is 5.91. The number of hydrogen-bond donors (Lipinski definition) is 2. The fraction of sp³-hybridized carbons (Fsp3) is 0. The number of benzene rings is 2. The monoisotopic (exact) mass is 271 g/mol. The van der Waals surface area contributed by atoms with Gasteiger partial charge in [0.1, 0.15) is 11.8 Å². The van der Waals surface area contributed by atoms with Crippen LogP contribution in [-0.4, -0.2) is 11.0 Å². The number of hydrogen-bond acceptors (Lipinski definition) is 3. The van der Waals surface area contributed by atoms with Gasteiger partial charge in [0.25, 0.3) is 5.91 Å². The minimum atomic E-state index is -0.792. The van der Waals surface area contributed by atoms with Crippen LogP contribution in [0.4, 0.5) is 10.1 Å². The number of halogens is 1. The first-order valence-corrected chi connectivity index (χ1v) is 5.91. The second-order valence-electron chi connectivity index (χ2n) is 4.27. The Morgan fingerprint density at radius 2 is 2.00 bits per heavy atom. The molecule has 0 atom stereocenters. The van der Waals surface area contributed by atoms with E-state index in [1.54, 1.807) is 18.2 Å². The van der Waals surface area contributed by atoms with E-state index in [2.05, 4.69) is 5.32 Å². The number of rotatable bonds is 2. The van der Waals surface area contributed by atoms with Crippen molar-refractivity contribution in [2.45, 2.75) is 0 Å². The zero-order chi connectivity index (χ0) is 14.1. The molecule has 0 aliphatic carbocycles. The van der Waals surface area contributed by atoms with Gasteiger partial charge in [-0.1, -0.05) is 18.2 Å². The summed E-state index contributed by atoms with van der Waals surface area (Å²) in [6.45, 7) is 0. The lowest BCUT2D eigenvalue weighted by Gasteiger charge is -2.04. The molecule has 1 heterocycles. The summed E-state index contributed by atoms with van der Waals surface area (Å²) in [5.74, 6) is -1.66. The average Bonchev–Trinajstić information content (AvgIpc) is 2.87. The van der Waals surface area contributed by atoms with Gasteiger partial charge in [0, 0.05) is 17.1 Å². The van der Waals surface area contributed by atoms with Crippen LogP contribution in [0.3, 0.4) is 0 Å². The highest BCUT2D eigenvalue weighted by atomic mass is 19.1. The van der Waals surface area contributed by atoms with Crippen LogP contribution in [0.2, 0.25) is 0 Å². The van der Waals surface area contributed by atoms with E-state index in [0.717, 1.165) is 6.07 Å². The molecule has 2 N–H and O–H groups in total. The molecular weight excluding hydrogens is 261 g/mol. The fourth-order valence-electron chi connectivity index (χ4n) is 1.94. The Morgan fingerprint density at radius 1 is 1.20 bits per heavy atom. The highest BCUT2D eigenvalue weighted by Crippen LogP contribution is 2.23.